The maximum Gasteiger partial charge on any atom is 0.233 e. The second kappa shape index (κ2) is 7.43. The molecule has 3 nitrogen and oxygen atoms in total. The Labute approximate surface area is 126 Å². The van der Waals surface area contributed by atoms with E-state index in [9.17, 15) is 4.79 Å². The van der Waals surface area contributed by atoms with Crippen LogP contribution in [0.5, 0.6) is 0 Å². The van der Waals surface area contributed by atoms with E-state index in [2.05, 4.69) is 0 Å². The second-order valence-electron chi connectivity index (χ2n) is 4.14. The normalized spacial score (nSPS) is 19.2. The molecule has 0 bridgehead atoms. The Balaban J connectivity index is 1.98. The Bertz CT molecular complexity index is 427. The van der Waals surface area contributed by atoms with Crippen LogP contribution in [-0.4, -0.2) is 46.3 Å². The molecule has 0 spiro atoms. The van der Waals surface area contributed by atoms with Crippen molar-refractivity contribution in [3.05, 3.63) is 34.9 Å². The topological polar surface area (TPSA) is 40.5 Å². The van der Waals surface area contributed by atoms with Crippen LogP contribution in [0.25, 0.3) is 0 Å². The molecule has 1 atom stereocenters. The van der Waals surface area contributed by atoms with Gasteiger partial charge in [0.2, 0.25) is 5.91 Å². The van der Waals surface area contributed by atoms with Crippen LogP contribution in [0.2, 0.25) is 5.02 Å². The molecule has 1 aliphatic rings. The average molecular weight is 318 g/mol. The molecule has 1 amide bonds. The molecule has 1 aliphatic heterocycles. The predicted molar refractivity (Wildman–Crippen MR) is 82.8 cm³/mol. The Morgan fingerprint density at radius 1 is 1.37 bits per heavy atom. The standard InChI is InChI=1S/C13H16ClNO2S2/c14-11-3-1-10(2-4-11)13-15(12(17)9-19-13)5-7-18-8-6-16/h1-4,13,16H,5-9H2. The summed E-state index contributed by atoms with van der Waals surface area (Å²) in [5.74, 6) is 2.31. The number of benzene rings is 1. The van der Waals surface area contributed by atoms with Crippen LogP contribution in [-0.2, 0) is 4.79 Å². The highest BCUT2D eigenvalue weighted by molar-refractivity contribution is 8.00. The fourth-order valence-corrected chi connectivity index (χ4v) is 3.93. The highest BCUT2D eigenvalue weighted by atomic mass is 35.5. The molecule has 6 heteroatoms. The molecule has 0 aromatic heterocycles. The number of amides is 1. The van der Waals surface area contributed by atoms with Gasteiger partial charge in [0.25, 0.3) is 0 Å². The lowest BCUT2D eigenvalue weighted by molar-refractivity contribution is -0.127. The molecule has 0 aliphatic carbocycles. The van der Waals surface area contributed by atoms with Gasteiger partial charge in [-0.15, -0.1) is 11.8 Å². The number of aliphatic hydroxyl groups excluding tert-OH is 1. The fraction of sp³-hybridized carbons (Fsp3) is 0.462. The quantitative estimate of drug-likeness (QED) is 0.819. The molecule has 19 heavy (non-hydrogen) atoms. The Kier molecular flexibility index (Phi) is 5.88. The highest BCUT2D eigenvalue weighted by Crippen LogP contribution is 2.38. The first-order valence-electron chi connectivity index (χ1n) is 6.07. The smallest absolute Gasteiger partial charge is 0.233 e. The second-order valence-corrected chi connectivity index (χ2v) is 6.87. The predicted octanol–water partition coefficient (Wildman–Crippen LogP) is 2.64. The number of rotatable bonds is 6. The molecule has 1 aromatic rings. The summed E-state index contributed by atoms with van der Waals surface area (Å²) < 4.78 is 0. The van der Waals surface area contributed by atoms with E-state index < -0.39 is 0 Å². The first kappa shape index (κ1) is 15.0. The van der Waals surface area contributed by atoms with Gasteiger partial charge in [0.15, 0.2) is 0 Å². The maximum atomic E-state index is 11.9. The van der Waals surface area contributed by atoms with Crippen LogP contribution >= 0.6 is 35.1 Å². The maximum absolute atomic E-state index is 11.9. The molecule has 0 radical (unpaired) electrons. The van der Waals surface area contributed by atoms with Crippen LogP contribution < -0.4 is 0 Å². The number of carbonyl (C=O) groups is 1. The third-order valence-electron chi connectivity index (χ3n) is 2.84. The number of hydrogen-bond acceptors (Lipinski definition) is 4. The number of nitrogens with zero attached hydrogens (tertiary/aromatic N) is 1. The zero-order chi connectivity index (χ0) is 13.7. The molecule has 0 saturated carbocycles. The van der Waals surface area contributed by atoms with Crippen LogP contribution in [0.15, 0.2) is 24.3 Å². The summed E-state index contributed by atoms with van der Waals surface area (Å²) in [6.07, 6.45) is 0. The van der Waals surface area contributed by atoms with Crippen molar-refractivity contribution >= 4 is 41.0 Å². The first-order valence-corrected chi connectivity index (χ1v) is 8.65. The summed E-state index contributed by atoms with van der Waals surface area (Å²) in [4.78, 5) is 13.8. The summed E-state index contributed by atoms with van der Waals surface area (Å²) in [7, 11) is 0. The van der Waals surface area contributed by atoms with Crippen LogP contribution in [0.4, 0.5) is 0 Å². The Morgan fingerprint density at radius 3 is 2.79 bits per heavy atom. The van der Waals surface area contributed by atoms with Gasteiger partial charge in [0.1, 0.15) is 5.37 Å². The minimum Gasteiger partial charge on any atom is -0.396 e. The van der Waals surface area contributed by atoms with E-state index >= 15 is 0 Å². The van der Waals surface area contributed by atoms with Crippen molar-refractivity contribution in [3.63, 3.8) is 0 Å². The van der Waals surface area contributed by atoms with E-state index in [4.69, 9.17) is 16.7 Å². The molecular formula is C13H16ClNO2S2. The number of carbonyl (C=O) groups excluding carboxylic acids is 1. The third kappa shape index (κ3) is 4.05. The zero-order valence-electron chi connectivity index (χ0n) is 10.4. The van der Waals surface area contributed by atoms with E-state index in [-0.39, 0.29) is 17.9 Å². The summed E-state index contributed by atoms with van der Waals surface area (Å²) in [5.41, 5.74) is 1.12. The summed E-state index contributed by atoms with van der Waals surface area (Å²) >= 11 is 9.21. The van der Waals surface area contributed by atoms with Gasteiger partial charge in [0.05, 0.1) is 12.4 Å². The molecule has 1 heterocycles. The van der Waals surface area contributed by atoms with Gasteiger partial charge in [-0.1, -0.05) is 23.7 Å². The molecule has 1 fully saturated rings. The largest absolute Gasteiger partial charge is 0.396 e. The van der Waals surface area contributed by atoms with E-state index in [1.165, 1.54) is 0 Å². The lowest BCUT2D eigenvalue weighted by Gasteiger charge is -2.24. The van der Waals surface area contributed by atoms with Crippen LogP contribution in [0, 0.1) is 0 Å². The van der Waals surface area contributed by atoms with Crippen molar-refractivity contribution in [2.75, 3.05) is 30.4 Å². The summed E-state index contributed by atoms with van der Waals surface area (Å²) in [6, 6.07) is 7.68. The molecule has 1 aromatic carbocycles. The van der Waals surface area contributed by atoms with Crippen LogP contribution in [0.3, 0.4) is 0 Å². The number of thioether (sulfide) groups is 2. The monoisotopic (exact) mass is 317 g/mol. The average Bonchev–Trinajstić information content (AvgIpc) is 2.77. The number of aliphatic hydroxyl groups is 1. The molecule has 104 valence electrons. The lowest BCUT2D eigenvalue weighted by atomic mass is 10.2. The fourth-order valence-electron chi connectivity index (χ4n) is 1.93. The van der Waals surface area contributed by atoms with E-state index in [0.29, 0.717) is 10.8 Å². The minimum absolute atomic E-state index is 0.0968. The van der Waals surface area contributed by atoms with E-state index in [1.54, 1.807) is 23.5 Å². The van der Waals surface area contributed by atoms with Crippen LogP contribution in [0.1, 0.15) is 10.9 Å². The summed E-state index contributed by atoms with van der Waals surface area (Å²) in [5, 5.41) is 9.56. The summed E-state index contributed by atoms with van der Waals surface area (Å²) in [6.45, 7) is 0.914. The number of halogens is 1. The molecule has 1 N–H and O–H groups in total. The van der Waals surface area contributed by atoms with Crippen molar-refractivity contribution in [1.29, 1.82) is 0 Å². The van der Waals surface area contributed by atoms with E-state index in [1.807, 2.05) is 29.2 Å². The van der Waals surface area contributed by atoms with Crippen molar-refractivity contribution in [2.45, 2.75) is 5.37 Å². The Morgan fingerprint density at radius 2 is 2.11 bits per heavy atom. The third-order valence-corrected chi connectivity index (χ3v) is 5.29. The van der Waals surface area contributed by atoms with Gasteiger partial charge in [0, 0.05) is 23.1 Å². The first-order chi connectivity index (χ1) is 9.22. The van der Waals surface area contributed by atoms with Gasteiger partial charge in [-0.25, -0.2) is 0 Å². The molecular weight excluding hydrogens is 302 g/mol. The highest BCUT2D eigenvalue weighted by Gasteiger charge is 2.32. The van der Waals surface area contributed by atoms with Gasteiger partial charge >= 0.3 is 0 Å². The van der Waals surface area contributed by atoms with E-state index in [0.717, 1.165) is 23.6 Å². The van der Waals surface area contributed by atoms with Gasteiger partial charge in [-0.2, -0.15) is 11.8 Å². The zero-order valence-corrected chi connectivity index (χ0v) is 12.8. The molecule has 1 unspecified atom stereocenters. The van der Waals surface area contributed by atoms with Gasteiger partial charge < -0.3 is 10.0 Å². The van der Waals surface area contributed by atoms with Crippen molar-refractivity contribution in [2.24, 2.45) is 0 Å². The minimum atomic E-state index is 0.0968. The molecule has 1 saturated heterocycles. The lowest BCUT2D eigenvalue weighted by Crippen LogP contribution is -2.30. The van der Waals surface area contributed by atoms with Crippen molar-refractivity contribution < 1.29 is 9.90 Å². The van der Waals surface area contributed by atoms with Crippen molar-refractivity contribution in [3.8, 4) is 0 Å². The van der Waals surface area contributed by atoms with Crippen molar-refractivity contribution in [1.82, 2.24) is 4.90 Å². The SMILES string of the molecule is O=C1CSC(c2ccc(Cl)cc2)N1CCSCCO. The molecule has 2 rings (SSSR count). The Hall–Kier alpha value is -0.360. The number of hydrogen-bond donors (Lipinski definition) is 1. The van der Waals surface area contributed by atoms with Gasteiger partial charge in [-0.05, 0) is 17.7 Å². The van der Waals surface area contributed by atoms with Gasteiger partial charge in [-0.3, -0.25) is 4.79 Å².